The van der Waals surface area contributed by atoms with E-state index in [1.54, 1.807) is 0 Å². The Kier molecular flexibility index (Phi) is 3.63. The first kappa shape index (κ1) is 11.2. The maximum absolute atomic E-state index is 6.41. The fourth-order valence-electron chi connectivity index (χ4n) is 1.80. The smallest absolute Gasteiger partial charge is 0.0625 e. The number of benzene rings is 2. The Labute approximate surface area is 102 Å². The van der Waals surface area contributed by atoms with Gasteiger partial charge in [0.1, 0.15) is 0 Å². The number of rotatable bonds is 3. The van der Waals surface area contributed by atoms with Crippen LogP contribution in [0.3, 0.4) is 0 Å². The van der Waals surface area contributed by atoms with Gasteiger partial charge in [-0.2, -0.15) is 0 Å². The predicted octanol–water partition coefficient (Wildman–Crippen LogP) is 4.52. The molecule has 0 aromatic heterocycles. The predicted molar refractivity (Wildman–Crippen MR) is 69.9 cm³/mol. The zero-order chi connectivity index (χ0) is 11.4. The van der Waals surface area contributed by atoms with Crippen LogP contribution < -0.4 is 0 Å². The Morgan fingerprint density at radius 1 is 1.00 bits per heavy atom. The third kappa shape index (κ3) is 2.86. The Hall–Kier alpha value is -1.27. The lowest BCUT2D eigenvalue weighted by atomic mass is 10.0. The van der Waals surface area contributed by atoms with Gasteiger partial charge in [0, 0.05) is 0 Å². The summed E-state index contributed by atoms with van der Waals surface area (Å²) in [4.78, 5) is 0. The minimum atomic E-state index is 0.0577. The van der Waals surface area contributed by atoms with Crippen molar-refractivity contribution in [3.05, 3.63) is 71.3 Å². The molecule has 16 heavy (non-hydrogen) atoms. The minimum absolute atomic E-state index is 0.0577. The maximum Gasteiger partial charge on any atom is 0.0625 e. The Bertz CT molecular complexity index is 448. The van der Waals surface area contributed by atoms with Crippen molar-refractivity contribution in [2.75, 3.05) is 0 Å². The summed E-state index contributed by atoms with van der Waals surface area (Å²) in [6.45, 7) is 2.09. The van der Waals surface area contributed by atoms with E-state index in [1.807, 2.05) is 6.07 Å². The van der Waals surface area contributed by atoms with E-state index < -0.39 is 0 Å². The van der Waals surface area contributed by atoms with Crippen molar-refractivity contribution in [2.24, 2.45) is 0 Å². The van der Waals surface area contributed by atoms with Crippen LogP contribution >= 0.6 is 11.6 Å². The van der Waals surface area contributed by atoms with Crippen LogP contribution in [-0.4, -0.2) is 0 Å². The molecule has 0 spiro atoms. The standard InChI is InChI=1S/C15H15Cl/c1-12-6-5-9-14(10-12)15(16)11-13-7-3-2-4-8-13/h2-10,15H,11H2,1H3. The molecule has 0 nitrogen and oxygen atoms in total. The number of hydrogen-bond donors (Lipinski definition) is 0. The Morgan fingerprint density at radius 3 is 2.44 bits per heavy atom. The summed E-state index contributed by atoms with van der Waals surface area (Å²) >= 11 is 6.41. The number of aryl methyl sites for hydroxylation is 1. The summed E-state index contributed by atoms with van der Waals surface area (Å²) < 4.78 is 0. The first-order valence-electron chi connectivity index (χ1n) is 5.50. The van der Waals surface area contributed by atoms with Gasteiger partial charge in [0.25, 0.3) is 0 Å². The second kappa shape index (κ2) is 5.18. The topological polar surface area (TPSA) is 0 Å². The van der Waals surface area contributed by atoms with Gasteiger partial charge in [0.15, 0.2) is 0 Å². The lowest BCUT2D eigenvalue weighted by Gasteiger charge is -2.10. The van der Waals surface area contributed by atoms with E-state index in [0.29, 0.717) is 0 Å². The van der Waals surface area contributed by atoms with Crippen molar-refractivity contribution >= 4 is 11.6 Å². The van der Waals surface area contributed by atoms with Crippen LogP contribution in [0, 0.1) is 6.92 Å². The van der Waals surface area contributed by atoms with Crippen LogP contribution in [0.25, 0.3) is 0 Å². The summed E-state index contributed by atoms with van der Waals surface area (Å²) in [5.74, 6) is 0. The Morgan fingerprint density at radius 2 is 1.75 bits per heavy atom. The van der Waals surface area contributed by atoms with Crippen molar-refractivity contribution < 1.29 is 0 Å². The molecule has 82 valence electrons. The van der Waals surface area contributed by atoms with E-state index in [2.05, 4.69) is 55.5 Å². The highest BCUT2D eigenvalue weighted by Gasteiger charge is 2.08. The highest BCUT2D eigenvalue weighted by Crippen LogP contribution is 2.25. The largest absolute Gasteiger partial charge is 0.117 e. The summed E-state index contributed by atoms with van der Waals surface area (Å²) in [6, 6.07) is 18.8. The number of alkyl halides is 1. The molecule has 0 amide bonds. The molecule has 1 heteroatoms. The van der Waals surface area contributed by atoms with Gasteiger partial charge < -0.3 is 0 Å². The molecule has 0 saturated carbocycles. The van der Waals surface area contributed by atoms with E-state index in [0.717, 1.165) is 6.42 Å². The SMILES string of the molecule is Cc1cccc(C(Cl)Cc2ccccc2)c1. The van der Waals surface area contributed by atoms with Crippen molar-refractivity contribution in [3.8, 4) is 0 Å². The monoisotopic (exact) mass is 230 g/mol. The highest BCUT2D eigenvalue weighted by atomic mass is 35.5. The molecule has 2 aromatic rings. The molecule has 0 heterocycles. The van der Waals surface area contributed by atoms with Gasteiger partial charge in [-0.1, -0.05) is 60.2 Å². The van der Waals surface area contributed by atoms with Gasteiger partial charge in [-0.25, -0.2) is 0 Å². The van der Waals surface area contributed by atoms with Crippen molar-refractivity contribution in [1.82, 2.24) is 0 Å². The third-order valence-electron chi connectivity index (χ3n) is 2.66. The average Bonchev–Trinajstić information content (AvgIpc) is 2.30. The lowest BCUT2D eigenvalue weighted by Crippen LogP contribution is -1.95. The molecular formula is C15H15Cl. The van der Waals surface area contributed by atoms with Gasteiger partial charge in [-0.05, 0) is 24.5 Å². The fraction of sp³-hybridized carbons (Fsp3) is 0.200. The van der Waals surface area contributed by atoms with Crippen molar-refractivity contribution in [3.63, 3.8) is 0 Å². The summed E-state index contributed by atoms with van der Waals surface area (Å²) in [5.41, 5.74) is 3.74. The number of hydrogen-bond acceptors (Lipinski definition) is 0. The molecule has 0 N–H and O–H groups in total. The summed E-state index contributed by atoms with van der Waals surface area (Å²) in [7, 11) is 0. The summed E-state index contributed by atoms with van der Waals surface area (Å²) in [6.07, 6.45) is 0.881. The first-order valence-corrected chi connectivity index (χ1v) is 5.94. The van der Waals surface area contributed by atoms with Crippen LogP contribution in [0.1, 0.15) is 22.1 Å². The van der Waals surface area contributed by atoms with Crippen molar-refractivity contribution in [2.45, 2.75) is 18.7 Å². The van der Waals surface area contributed by atoms with E-state index in [1.165, 1.54) is 16.7 Å². The molecule has 0 aliphatic rings. The van der Waals surface area contributed by atoms with Gasteiger partial charge in [0.05, 0.1) is 5.38 Å². The molecule has 2 aromatic carbocycles. The molecule has 0 aliphatic heterocycles. The molecule has 1 unspecified atom stereocenters. The van der Waals surface area contributed by atoms with Gasteiger partial charge in [-0.3, -0.25) is 0 Å². The highest BCUT2D eigenvalue weighted by molar-refractivity contribution is 6.20. The maximum atomic E-state index is 6.41. The van der Waals surface area contributed by atoms with E-state index in [9.17, 15) is 0 Å². The molecule has 0 aliphatic carbocycles. The molecule has 0 saturated heterocycles. The van der Waals surface area contributed by atoms with Crippen LogP contribution in [0.5, 0.6) is 0 Å². The molecule has 0 radical (unpaired) electrons. The second-order valence-corrected chi connectivity index (χ2v) is 4.60. The zero-order valence-electron chi connectivity index (χ0n) is 9.36. The fourth-order valence-corrected chi connectivity index (χ4v) is 2.12. The van der Waals surface area contributed by atoms with Crippen molar-refractivity contribution in [1.29, 1.82) is 0 Å². The average molecular weight is 231 g/mol. The second-order valence-electron chi connectivity index (χ2n) is 4.07. The van der Waals surface area contributed by atoms with E-state index in [4.69, 9.17) is 11.6 Å². The molecule has 0 bridgehead atoms. The van der Waals surface area contributed by atoms with Gasteiger partial charge in [0.2, 0.25) is 0 Å². The van der Waals surface area contributed by atoms with Crippen LogP contribution in [0.15, 0.2) is 54.6 Å². The van der Waals surface area contributed by atoms with Crippen LogP contribution in [0.4, 0.5) is 0 Å². The van der Waals surface area contributed by atoms with E-state index >= 15 is 0 Å². The first-order chi connectivity index (χ1) is 7.75. The zero-order valence-corrected chi connectivity index (χ0v) is 10.1. The normalized spacial score (nSPS) is 12.4. The minimum Gasteiger partial charge on any atom is -0.117 e. The summed E-state index contributed by atoms with van der Waals surface area (Å²) in [5, 5.41) is 0.0577. The molecule has 1 atom stereocenters. The molecular weight excluding hydrogens is 216 g/mol. The molecule has 0 fully saturated rings. The van der Waals surface area contributed by atoms with E-state index in [-0.39, 0.29) is 5.38 Å². The van der Waals surface area contributed by atoms with Gasteiger partial charge in [-0.15, -0.1) is 11.6 Å². The third-order valence-corrected chi connectivity index (χ3v) is 3.07. The van der Waals surface area contributed by atoms with Crippen LogP contribution in [0.2, 0.25) is 0 Å². The Balaban J connectivity index is 2.12. The quantitative estimate of drug-likeness (QED) is 0.681. The van der Waals surface area contributed by atoms with Gasteiger partial charge >= 0.3 is 0 Å². The molecule has 2 rings (SSSR count). The number of halogens is 1. The lowest BCUT2D eigenvalue weighted by molar-refractivity contribution is 0.918. The van der Waals surface area contributed by atoms with Crippen LogP contribution in [-0.2, 0) is 6.42 Å².